The highest BCUT2D eigenvalue weighted by molar-refractivity contribution is 5.56. The first-order valence-electron chi connectivity index (χ1n) is 7.40. The van der Waals surface area contributed by atoms with Crippen LogP contribution in [0.15, 0.2) is 18.2 Å². The minimum Gasteiger partial charge on any atom is -0.369 e. The van der Waals surface area contributed by atoms with E-state index in [1.165, 1.54) is 31.4 Å². The maximum atomic E-state index is 13.5. The van der Waals surface area contributed by atoms with E-state index in [2.05, 4.69) is 24.1 Å². The number of hydrogen-bond donors (Lipinski definition) is 1. The highest BCUT2D eigenvalue weighted by atomic mass is 19.1. The van der Waals surface area contributed by atoms with E-state index in [0.29, 0.717) is 6.04 Å². The molecule has 1 fully saturated rings. The predicted molar refractivity (Wildman–Crippen MR) is 79.2 cm³/mol. The van der Waals surface area contributed by atoms with Crippen LogP contribution in [0.2, 0.25) is 0 Å². The zero-order valence-electron chi connectivity index (χ0n) is 12.2. The van der Waals surface area contributed by atoms with Crippen molar-refractivity contribution in [2.75, 3.05) is 18.5 Å². The van der Waals surface area contributed by atoms with Gasteiger partial charge in [0.1, 0.15) is 5.82 Å². The maximum Gasteiger partial charge on any atom is 0.123 e. The van der Waals surface area contributed by atoms with Crippen LogP contribution >= 0.6 is 0 Å². The van der Waals surface area contributed by atoms with Gasteiger partial charge in [0.25, 0.3) is 0 Å². The Morgan fingerprint density at radius 1 is 1.37 bits per heavy atom. The van der Waals surface area contributed by atoms with Crippen molar-refractivity contribution in [3.63, 3.8) is 0 Å². The molecule has 1 saturated carbocycles. The fourth-order valence-electron chi connectivity index (χ4n) is 3.13. The van der Waals surface area contributed by atoms with Crippen molar-refractivity contribution in [1.82, 2.24) is 5.32 Å². The molecule has 0 heterocycles. The van der Waals surface area contributed by atoms with E-state index in [4.69, 9.17) is 0 Å². The van der Waals surface area contributed by atoms with E-state index >= 15 is 0 Å². The molecule has 0 aromatic heterocycles. The van der Waals surface area contributed by atoms with Crippen molar-refractivity contribution >= 4 is 5.69 Å². The van der Waals surface area contributed by atoms with Crippen LogP contribution in [0.25, 0.3) is 0 Å². The SMILES string of the molecule is CCN(c1ccc(F)cc1C(C)NC)C1CCCC1. The zero-order valence-corrected chi connectivity index (χ0v) is 12.2. The third-order valence-electron chi connectivity index (χ3n) is 4.30. The molecule has 3 heteroatoms. The van der Waals surface area contributed by atoms with Crippen molar-refractivity contribution < 1.29 is 4.39 Å². The van der Waals surface area contributed by atoms with Crippen molar-refractivity contribution in [2.45, 2.75) is 51.6 Å². The Morgan fingerprint density at radius 3 is 2.63 bits per heavy atom. The maximum absolute atomic E-state index is 13.5. The van der Waals surface area contributed by atoms with Gasteiger partial charge < -0.3 is 10.2 Å². The van der Waals surface area contributed by atoms with Gasteiger partial charge in [-0.25, -0.2) is 4.39 Å². The molecule has 0 amide bonds. The fourth-order valence-corrected chi connectivity index (χ4v) is 3.13. The van der Waals surface area contributed by atoms with Gasteiger partial charge in [-0.05, 0) is 57.5 Å². The Balaban J connectivity index is 2.35. The Hall–Kier alpha value is -1.09. The topological polar surface area (TPSA) is 15.3 Å². The average molecular weight is 264 g/mol. The van der Waals surface area contributed by atoms with Gasteiger partial charge >= 0.3 is 0 Å². The summed E-state index contributed by atoms with van der Waals surface area (Å²) >= 11 is 0. The van der Waals surface area contributed by atoms with Gasteiger partial charge in [-0.1, -0.05) is 12.8 Å². The summed E-state index contributed by atoms with van der Waals surface area (Å²) < 4.78 is 13.5. The van der Waals surface area contributed by atoms with Crippen LogP contribution in [-0.2, 0) is 0 Å². The summed E-state index contributed by atoms with van der Waals surface area (Å²) in [7, 11) is 1.92. The van der Waals surface area contributed by atoms with Gasteiger partial charge in [-0.3, -0.25) is 0 Å². The van der Waals surface area contributed by atoms with Gasteiger partial charge in [0.2, 0.25) is 0 Å². The van der Waals surface area contributed by atoms with Gasteiger partial charge in [-0.2, -0.15) is 0 Å². The number of hydrogen-bond acceptors (Lipinski definition) is 2. The Kier molecular flexibility index (Phi) is 4.81. The molecule has 0 bridgehead atoms. The van der Waals surface area contributed by atoms with Crippen LogP contribution in [0.1, 0.15) is 51.1 Å². The Morgan fingerprint density at radius 2 is 2.05 bits per heavy atom. The largest absolute Gasteiger partial charge is 0.369 e. The van der Waals surface area contributed by atoms with E-state index in [0.717, 1.165) is 12.1 Å². The summed E-state index contributed by atoms with van der Waals surface area (Å²) in [5.74, 6) is -0.150. The van der Waals surface area contributed by atoms with Crippen LogP contribution in [0.5, 0.6) is 0 Å². The van der Waals surface area contributed by atoms with E-state index in [-0.39, 0.29) is 11.9 Å². The number of rotatable bonds is 5. The molecule has 0 aliphatic heterocycles. The fraction of sp³-hybridized carbons (Fsp3) is 0.625. The van der Waals surface area contributed by atoms with Gasteiger partial charge in [0.15, 0.2) is 0 Å². The lowest BCUT2D eigenvalue weighted by Crippen LogP contribution is -2.34. The van der Waals surface area contributed by atoms with E-state index < -0.39 is 0 Å². The van der Waals surface area contributed by atoms with Crippen molar-refractivity contribution in [2.24, 2.45) is 0 Å². The molecule has 1 N–H and O–H groups in total. The lowest BCUT2D eigenvalue weighted by atomic mass is 10.0. The minimum absolute atomic E-state index is 0.150. The number of nitrogens with one attached hydrogen (secondary N) is 1. The third-order valence-corrected chi connectivity index (χ3v) is 4.30. The van der Waals surface area contributed by atoms with Crippen molar-refractivity contribution in [3.05, 3.63) is 29.6 Å². The summed E-state index contributed by atoms with van der Waals surface area (Å²) in [5, 5.41) is 3.23. The third kappa shape index (κ3) is 3.08. The lowest BCUT2D eigenvalue weighted by molar-refractivity contribution is 0.588. The second-order valence-electron chi connectivity index (χ2n) is 5.44. The van der Waals surface area contributed by atoms with Crippen molar-refractivity contribution in [1.29, 1.82) is 0 Å². The molecule has 0 radical (unpaired) electrons. The molecule has 2 rings (SSSR count). The Bertz CT molecular complexity index is 413. The van der Waals surface area contributed by atoms with Crippen LogP contribution in [-0.4, -0.2) is 19.6 Å². The number of anilines is 1. The molecule has 1 aromatic rings. The summed E-state index contributed by atoms with van der Waals surface area (Å²) in [6, 6.07) is 5.99. The predicted octanol–water partition coefficient (Wildman–Crippen LogP) is 3.88. The molecule has 1 aromatic carbocycles. The second-order valence-corrected chi connectivity index (χ2v) is 5.44. The molecule has 1 aliphatic rings. The minimum atomic E-state index is -0.150. The highest BCUT2D eigenvalue weighted by Gasteiger charge is 2.24. The molecular weight excluding hydrogens is 239 g/mol. The molecule has 1 unspecified atom stereocenters. The first-order valence-corrected chi connectivity index (χ1v) is 7.40. The molecule has 0 saturated heterocycles. The second kappa shape index (κ2) is 6.38. The number of nitrogens with zero attached hydrogens (tertiary/aromatic N) is 1. The van der Waals surface area contributed by atoms with E-state index in [1.807, 2.05) is 13.1 Å². The Labute approximate surface area is 116 Å². The quantitative estimate of drug-likeness (QED) is 0.868. The summed E-state index contributed by atoms with van der Waals surface area (Å²) in [4.78, 5) is 2.45. The van der Waals surface area contributed by atoms with Gasteiger partial charge in [0.05, 0.1) is 0 Å². The average Bonchev–Trinajstić information content (AvgIpc) is 2.94. The summed E-state index contributed by atoms with van der Waals surface area (Å²) in [5.41, 5.74) is 2.26. The molecule has 106 valence electrons. The molecule has 2 nitrogen and oxygen atoms in total. The van der Waals surface area contributed by atoms with Gasteiger partial charge in [-0.15, -0.1) is 0 Å². The smallest absolute Gasteiger partial charge is 0.123 e. The van der Waals surface area contributed by atoms with Gasteiger partial charge in [0, 0.05) is 24.3 Å². The first kappa shape index (κ1) is 14.3. The van der Waals surface area contributed by atoms with Crippen LogP contribution in [0.4, 0.5) is 10.1 Å². The first-order chi connectivity index (χ1) is 9.17. The highest BCUT2D eigenvalue weighted by Crippen LogP contribution is 2.33. The summed E-state index contributed by atoms with van der Waals surface area (Å²) in [6.07, 6.45) is 5.16. The molecule has 19 heavy (non-hydrogen) atoms. The van der Waals surface area contributed by atoms with Crippen LogP contribution < -0.4 is 10.2 Å². The van der Waals surface area contributed by atoms with Crippen LogP contribution in [0, 0.1) is 5.82 Å². The normalized spacial score (nSPS) is 17.7. The summed E-state index contributed by atoms with van der Waals surface area (Å²) in [6.45, 7) is 5.26. The zero-order chi connectivity index (χ0) is 13.8. The van der Waals surface area contributed by atoms with Crippen molar-refractivity contribution in [3.8, 4) is 0 Å². The van der Waals surface area contributed by atoms with Crippen LogP contribution in [0.3, 0.4) is 0 Å². The standard InChI is InChI=1S/C16H25FN2/c1-4-19(14-7-5-6-8-14)16-10-9-13(17)11-15(16)12(2)18-3/h9-12,14,18H,4-8H2,1-3H3. The number of halogens is 1. The molecule has 1 aliphatic carbocycles. The number of benzene rings is 1. The monoisotopic (exact) mass is 264 g/mol. The molecule has 0 spiro atoms. The molecule has 1 atom stereocenters. The van der Waals surface area contributed by atoms with E-state index in [1.54, 1.807) is 12.1 Å². The lowest BCUT2D eigenvalue weighted by Gasteiger charge is -2.33. The molecular formula is C16H25FN2. The van der Waals surface area contributed by atoms with E-state index in [9.17, 15) is 4.39 Å².